The molecule has 1 saturated heterocycles. The van der Waals surface area contributed by atoms with E-state index >= 15 is 0 Å². The fourth-order valence-electron chi connectivity index (χ4n) is 2.41. The van der Waals surface area contributed by atoms with Crippen molar-refractivity contribution in [2.24, 2.45) is 0 Å². The van der Waals surface area contributed by atoms with Crippen LogP contribution in [0.15, 0.2) is 24.5 Å². The molecule has 0 saturated carbocycles. The van der Waals surface area contributed by atoms with E-state index < -0.39 is 17.9 Å². The van der Waals surface area contributed by atoms with Crippen molar-refractivity contribution in [1.29, 1.82) is 0 Å². The summed E-state index contributed by atoms with van der Waals surface area (Å²) in [7, 11) is 0. The first-order valence-corrected chi connectivity index (χ1v) is 6.16. The third-order valence-electron chi connectivity index (χ3n) is 3.34. The molecule has 0 aromatic carbocycles. The molecule has 104 valence electrons. The number of carboxylic acid groups (broad SMARTS) is 1. The monoisotopic (exact) mass is 266 g/mol. The number of ether oxygens (including phenoxy) is 1. The van der Waals surface area contributed by atoms with Crippen molar-refractivity contribution in [3.63, 3.8) is 0 Å². The summed E-state index contributed by atoms with van der Waals surface area (Å²) in [5.74, 6) is 0. The predicted octanol–water partition coefficient (Wildman–Crippen LogP) is 1.62. The number of hydrogen-bond acceptors (Lipinski definition) is 4. The maximum atomic E-state index is 11.3. The predicted molar refractivity (Wildman–Crippen MR) is 67.5 cm³/mol. The molecule has 1 fully saturated rings. The third kappa shape index (κ3) is 2.85. The molecular formula is C13H18N2O4. The minimum Gasteiger partial charge on any atom is -0.465 e. The van der Waals surface area contributed by atoms with Crippen LogP contribution in [0.25, 0.3) is 0 Å². The maximum absolute atomic E-state index is 11.3. The van der Waals surface area contributed by atoms with Gasteiger partial charge in [-0.05, 0) is 25.5 Å². The van der Waals surface area contributed by atoms with Crippen molar-refractivity contribution < 1.29 is 19.7 Å². The van der Waals surface area contributed by atoms with Gasteiger partial charge in [0.05, 0.1) is 18.8 Å². The molecule has 2 rings (SSSR count). The zero-order valence-electron chi connectivity index (χ0n) is 11.0. The number of rotatable bonds is 3. The first-order valence-electron chi connectivity index (χ1n) is 6.16. The Labute approximate surface area is 111 Å². The van der Waals surface area contributed by atoms with Gasteiger partial charge in [0.15, 0.2) is 0 Å². The first kappa shape index (κ1) is 13.8. The van der Waals surface area contributed by atoms with E-state index in [1.54, 1.807) is 38.4 Å². The Morgan fingerprint density at radius 1 is 1.68 bits per heavy atom. The number of nitrogens with zero attached hydrogens (tertiary/aromatic N) is 2. The molecule has 6 nitrogen and oxygen atoms in total. The van der Waals surface area contributed by atoms with Crippen LogP contribution in [0.1, 0.15) is 31.9 Å². The molecule has 0 spiro atoms. The second-order valence-electron chi connectivity index (χ2n) is 5.10. The smallest absolute Gasteiger partial charge is 0.409 e. The lowest BCUT2D eigenvalue weighted by molar-refractivity contribution is -0.0430. The van der Waals surface area contributed by atoms with Gasteiger partial charge < -0.3 is 14.9 Å². The van der Waals surface area contributed by atoms with Crippen molar-refractivity contribution in [1.82, 2.24) is 9.88 Å². The largest absolute Gasteiger partial charge is 0.465 e. The second-order valence-corrected chi connectivity index (χ2v) is 5.10. The van der Waals surface area contributed by atoms with Crippen molar-refractivity contribution in [3.05, 3.63) is 30.1 Å². The Bertz CT molecular complexity index is 449. The Morgan fingerprint density at radius 2 is 2.42 bits per heavy atom. The number of amides is 1. The number of aliphatic hydroxyl groups is 1. The van der Waals surface area contributed by atoms with Gasteiger partial charge in [-0.25, -0.2) is 4.79 Å². The molecule has 6 heteroatoms. The number of carbonyl (C=O) groups is 1. The van der Waals surface area contributed by atoms with Gasteiger partial charge in [-0.3, -0.25) is 9.88 Å². The van der Waals surface area contributed by atoms with Crippen molar-refractivity contribution in [2.75, 3.05) is 6.61 Å². The molecule has 1 aromatic heterocycles. The molecule has 2 heterocycles. The zero-order chi connectivity index (χ0) is 14.0. The number of aliphatic hydroxyl groups excluding tert-OH is 1. The Hall–Kier alpha value is -1.66. The molecule has 2 atom stereocenters. The summed E-state index contributed by atoms with van der Waals surface area (Å²) in [5, 5.41) is 19.4. The second kappa shape index (κ2) is 5.14. The average Bonchev–Trinajstić information content (AvgIpc) is 2.65. The van der Waals surface area contributed by atoms with E-state index in [1.165, 1.54) is 4.90 Å². The Kier molecular flexibility index (Phi) is 3.73. The van der Waals surface area contributed by atoms with E-state index in [4.69, 9.17) is 4.74 Å². The van der Waals surface area contributed by atoms with Gasteiger partial charge in [0.25, 0.3) is 0 Å². The summed E-state index contributed by atoms with van der Waals surface area (Å²) >= 11 is 0. The normalized spacial score (nSPS) is 23.3. The highest BCUT2D eigenvalue weighted by molar-refractivity contribution is 5.66. The van der Waals surface area contributed by atoms with Crippen LogP contribution in [0.2, 0.25) is 0 Å². The van der Waals surface area contributed by atoms with E-state index in [9.17, 15) is 15.0 Å². The number of hydrogen-bond donors (Lipinski definition) is 2. The topological polar surface area (TPSA) is 82.9 Å². The SMILES string of the molecule is CC1(C)OC[C@H](C[C@@H](O)c2cccnc2)N1C(=O)O. The molecule has 1 amide bonds. The van der Waals surface area contributed by atoms with Gasteiger partial charge in [0.1, 0.15) is 5.72 Å². The molecule has 1 aliphatic heterocycles. The number of pyridine rings is 1. The molecular weight excluding hydrogens is 248 g/mol. The fraction of sp³-hybridized carbons (Fsp3) is 0.538. The average molecular weight is 266 g/mol. The number of aromatic nitrogens is 1. The van der Waals surface area contributed by atoms with Crippen molar-refractivity contribution >= 4 is 6.09 Å². The van der Waals surface area contributed by atoms with Crippen molar-refractivity contribution in [2.45, 2.75) is 38.1 Å². The summed E-state index contributed by atoms with van der Waals surface area (Å²) in [5.41, 5.74) is -0.178. The zero-order valence-corrected chi connectivity index (χ0v) is 11.0. The summed E-state index contributed by atoms with van der Waals surface area (Å²) in [6.45, 7) is 3.70. The van der Waals surface area contributed by atoms with Crippen LogP contribution in [-0.4, -0.2) is 44.6 Å². The summed E-state index contributed by atoms with van der Waals surface area (Å²) in [6.07, 6.45) is 1.71. The molecule has 1 aromatic rings. The van der Waals surface area contributed by atoms with E-state index in [0.29, 0.717) is 12.0 Å². The lowest BCUT2D eigenvalue weighted by Gasteiger charge is -2.31. The van der Waals surface area contributed by atoms with Crippen LogP contribution in [0.5, 0.6) is 0 Å². The highest BCUT2D eigenvalue weighted by atomic mass is 16.5. The summed E-state index contributed by atoms with van der Waals surface area (Å²) in [6, 6.07) is 3.15. The molecule has 2 N–H and O–H groups in total. The molecule has 0 aliphatic carbocycles. The van der Waals surface area contributed by atoms with E-state index in [0.717, 1.165) is 0 Å². The molecule has 19 heavy (non-hydrogen) atoms. The lowest BCUT2D eigenvalue weighted by atomic mass is 10.0. The van der Waals surface area contributed by atoms with Gasteiger partial charge in [-0.1, -0.05) is 6.07 Å². The molecule has 0 bridgehead atoms. The van der Waals surface area contributed by atoms with E-state index in [1.807, 2.05) is 0 Å². The van der Waals surface area contributed by atoms with Crippen LogP contribution in [0, 0.1) is 0 Å². The Morgan fingerprint density at radius 3 is 3.00 bits per heavy atom. The van der Waals surface area contributed by atoms with Gasteiger partial charge in [0, 0.05) is 18.8 Å². The molecule has 1 aliphatic rings. The fourth-order valence-corrected chi connectivity index (χ4v) is 2.41. The van der Waals surface area contributed by atoms with Gasteiger partial charge in [-0.2, -0.15) is 0 Å². The first-order chi connectivity index (χ1) is 8.92. The lowest BCUT2D eigenvalue weighted by Crippen LogP contribution is -2.47. The van der Waals surface area contributed by atoms with Gasteiger partial charge in [0.2, 0.25) is 0 Å². The minimum absolute atomic E-state index is 0.288. The standard InChI is InChI=1S/C13H18N2O4/c1-13(2)15(12(17)18)10(8-19-13)6-11(16)9-4-3-5-14-7-9/h3-5,7,10-11,16H,6,8H2,1-2H3,(H,17,18)/t10-,11+/m0/s1. The maximum Gasteiger partial charge on any atom is 0.409 e. The van der Waals surface area contributed by atoms with Crippen LogP contribution in [0.3, 0.4) is 0 Å². The minimum atomic E-state index is -1.04. The highest BCUT2D eigenvalue weighted by Gasteiger charge is 2.44. The molecule has 0 radical (unpaired) electrons. The Balaban J connectivity index is 2.09. The van der Waals surface area contributed by atoms with Crippen LogP contribution in [-0.2, 0) is 4.74 Å². The summed E-state index contributed by atoms with van der Waals surface area (Å²) < 4.78 is 5.48. The van der Waals surface area contributed by atoms with Gasteiger partial charge in [-0.15, -0.1) is 0 Å². The van der Waals surface area contributed by atoms with Crippen LogP contribution in [0.4, 0.5) is 4.79 Å². The molecule has 0 unspecified atom stereocenters. The third-order valence-corrected chi connectivity index (χ3v) is 3.34. The van der Waals surface area contributed by atoms with E-state index in [2.05, 4.69) is 4.98 Å². The van der Waals surface area contributed by atoms with Crippen molar-refractivity contribution in [3.8, 4) is 0 Å². The van der Waals surface area contributed by atoms with Crippen LogP contribution < -0.4 is 0 Å². The quantitative estimate of drug-likeness (QED) is 0.868. The van der Waals surface area contributed by atoms with E-state index in [-0.39, 0.29) is 12.6 Å². The van der Waals surface area contributed by atoms with Gasteiger partial charge >= 0.3 is 6.09 Å². The van der Waals surface area contributed by atoms with Crippen LogP contribution >= 0.6 is 0 Å². The summed E-state index contributed by atoms with van der Waals surface area (Å²) in [4.78, 5) is 16.5. The highest BCUT2D eigenvalue weighted by Crippen LogP contribution is 2.32.